The van der Waals surface area contributed by atoms with Crippen LogP contribution in [0.5, 0.6) is 11.5 Å². The molecule has 10 heteroatoms. The first-order chi connectivity index (χ1) is 15.2. The zero-order chi connectivity index (χ0) is 20.9. The quantitative estimate of drug-likeness (QED) is 0.322. The molecule has 0 saturated heterocycles. The summed E-state index contributed by atoms with van der Waals surface area (Å²) < 4.78 is 18.0. The number of aromatic nitrogens is 4. The minimum Gasteiger partial charge on any atom is -0.454 e. The van der Waals surface area contributed by atoms with Gasteiger partial charge in [-0.15, -0.1) is 0 Å². The molecule has 4 aromatic rings. The highest BCUT2D eigenvalue weighted by atomic mass is 35.5. The van der Waals surface area contributed by atoms with Crippen molar-refractivity contribution in [2.24, 2.45) is 0 Å². The van der Waals surface area contributed by atoms with Crippen molar-refractivity contribution in [2.75, 3.05) is 6.79 Å². The summed E-state index contributed by atoms with van der Waals surface area (Å²) in [4.78, 5) is 22.4. The van der Waals surface area contributed by atoms with Crippen LogP contribution in [0.25, 0.3) is 22.3 Å². The van der Waals surface area contributed by atoms with Crippen LogP contribution in [-0.2, 0) is 5.75 Å². The van der Waals surface area contributed by atoms with Gasteiger partial charge in [-0.1, -0.05) is 40.7 Å². The van der Waals surface area contributed by atoms with Gasteiger partial charge in [-0.3, -0.25) is 9.36 Å². The maximum absolute atomic E-state index is 13.2. The summed E-state index contributed by atoms with van der Waals surface area (Å²) in [6, 6.07) is 11.0. The molecular weight excluding hydrogens is 440 g/mol. The van der Waals surface area contributed by atoms with Crippen molar-refractivity contribution in [1.82, 2.24) is 19.7 Å². The largest absolute Gasteiger partial charge is 0.454 e. The number of fused-ring (bicyclic) bond motifs is 2. The molecule has 2 aromatic heterocycles. The Balaban J connectivity index is 1.33. The third-order valence-corrected chi connectivity index (χ3v) is 6.45. The summed E-state index contributed by atoms with van der Waals surface area (Å²) >= 11 is 7.62. The first-order valence-electron chi connectivity index (χ1n) is 9.73. The monoisotopic (exact) mass is 454 g/mol. The molecule has 156 valence electrons. The van der Waals surface area contributed by atoms with Gasteiger partial charge in [0, 0.05) is 17.7 Å². The zero-order valence-electron chi connectivity index (χ0n) is 16.1. The molecule has 8 nitrogen and oxygen atoms in total. The van der Waals surface area contributed by atoms with E-state index in [0.717, 1.165) is 12.8 Å². The molecule has 31 heavy (non-hydrogen) atoms. The zero-order valence-corrected chi connectivity index (χ0v) is 17.7. The number of ether oxygens (including phenoxy) is 2. The number of benzene rings is 2. The minimum absolute atomic E-state index is 0.0735. The highest BCUT2D eigenvalue weighted by Crippen LogP contribution is 2.39. The third kappa shape index (κ3) is 3.34. The van der Waals surface area contributed by atoms with Gasteiger partial charge in [0.1, 0.15) is 0 Å². The molecule has 0 atom stereocenters. The van der Waals surface area contributed by atoms with E-state index in [9.17, 15) is 4.79 Å². The van der Waals surface area contributed by atoms with E-state index in [0.29, 0.717) is 55.6 Å². The lowest BCUT2D eigenvalue weighted by Crippen LogP contribution is -2.22. The predicted octanol–water partition coefficient (Wildman–Crippen LogP) is 4.46. The fourth-order valence-corrected chi connectivity index (χ4v) is 4.64. The number of rotatable bonds is 5. The first kappa shape index (κ1) is 18.7. The lowest BCUT2D eigenvalue weighted by atomic mass is 10.2. The van der Waals surface area contributed by atoms with E-state index in [2.05, 4.69) is 10.1 Å². The van der Waals surface area contributed by atoms with Crippen molar-refractivity contribution in [2.45, 2.75) is 29.8 Å². The Morgan fingerprint density at radius 1 is 1.13 bits per heavy atom. The number of hydrogen-bond donors (Lipinski definition) is 0. The van der Waals surface area contributed by atoms with E-state index < -0.39 is 0 Å². The molecule has 2 aliphatic rings. The molecule has 0 bridgehead atoms. The van der Waals surface area contributed by atoms with Gasteiger partial charge in [-0.25, -0.2) is 4.98 Å². The van der Waals surface area contributed by atoms with Crippen LogP contribution in [-0.4, -0.2) is 26.5 Å². The topological polar surface area (TPSA) is 92.3 Å². The number of thioether (sulfide) groups is 1. The third-order valence-electron chi connectivity index (χ3n) is 5.18. The van der Waals surface area contributed by atoms with E-state index in [-0.39, 0.29) is 18.4 Å². The number of halogens is 1. The summed E-state index contributed by atoms with van der Waals surface area (Å²) in [6.07, 6.45) is 1.92. The van der Waals surface area contributed by atoms with Crippen LogP contribution < -0.4 is 15.0 Å². The smallest absolute Gasteiger partial charge is 0.262 e. The SMILES string of the molecule is O=c1c2cc3c(cc2nc(SCc2nc(-c4ccccc4Cl)no2)n1C1CC1)OCO3. The van der Waals surface area contributed by atoms with Crippen LogP contribution in [0.3, 0.4) is 0 Å². The molecule has 0 N–H and O–H groups in total. The number of hydrogen-bond acceptors (Lipinski definition) is 8. The van der Waals surface area contributed by atoms with Crippen molar-refractivity contribution < 1.29 is 14.0 Å². The Morgan fingerprint density at radius 3 is 2.74 bits per heavy atom. The molecule has 3 heterocycles. The van der Waals surface area contributed by atoms with Gasteiger partial charge < -0.3 is 14.0 Å². The maximum atomic E-state index is 13.2. The average Bonchev–Trinajstić information content (AvgIpc) is 3.31. The first-order valence-corrected chi connectivity index (χ1v) is 11.1. The van der Waals surface area contributed by atoms with Gasteiger partial charge in [-0.2, -0.15) is 4.98 Å². The summed E-state index contributed by atoms with van der Waals surface area (Å²) in [5.41, 5.74) is 1.21. The summed E-state index contributed by atoms with van der Waals surface area (Å²) in [5, 5.41) is 5.74. The Morgan fingerprint density at radius 2 is 1.94 bits per heavy atom. The van der Waals surface area contributed by atoms with E-state index in [1.54, 1.807) is 22.8 Å². The summed E-state index contributed by atoms with van der Waals surface area (Å²) in [7, 11) is 0. The Bertz CT molecular complexity index is 1380. The van der Waals surface area contributed by atoms with Crippen LogP contribution in [0, 0.1) is 0 Å². The van der Waals surface area contributed by atoms with Gasteiger partial charge in [0.2, 0.25) is 18.5 Å². The molecular formula is C21H15ClN4O4S. The fourth-order valence-electron chi connectivity index (χ4n) is 3.52. The van der Waals surface area contributed by atoms with Crippen molar-refractivity contribution in [3.8, 4) is 22.9 Å². The van der Waals surface area contributed by atoms with Crippen molar-refractivity contribution in [3.05, 3.63) is 57.7 Å². The predicted molar refractivity (Wildman–Crippen MR) is 115 cm³/mol. The molecule has 1 aliphatic carbocycles. The second-order valence-corrected chi connectivity index (χ2v) is 8.65. The molecule has 2 aromatic carbocycles. The van der Waals surface area contributed by atoms with Crippen LogP contribution in [0.4, 0.5) is 0 Å². The Labute approximate surface area is 185 Å². The molecule has 1 saturated carbocycles. The van der Waals surface area contributed by atoms with Crippen LogP contribution in [0.15, 0.2) is 50.9 Å². The normalized spacial score (nSPS) is 15.0. The van der Waals surface area contributed by atoms with Crippen molar-refractivity contribution >= 4 is 34.3 Å². The van der Waals surface area contributed by atoms with Crippen molar-refractivity contribution in [1.29, 1.82) is 0 Å². The maximum Gasteiger partial charge on any atom is 0.262 e. The van der Waals surface area contributed by atoms with E-state index in [4.69, 9.17) is 30.6 Å². The summed E-state index contributed by atoms with van der Waals surface area (Å²) in [5.74, 6) is 2.42. The molecule has 0 unspecified atom stereocenters. The standard InChI is InChI=1S/C21H15ClN4O4S/c22-14-4-2-1-3-12(14)19-24-18(30-25-19)9-31-21-23-15-8-17-16(28-10-29-17)7-13(15)20(27)26(21)11-5-6-11/h1-4,7-8,11H,5-6,9-10H2. The van der Waals surface area contributed by atoms with Gasteiger partial charge in [-0.05, 0) is 31.0 Å². The minimum atomic E-state index is -0.0735. The second kappa shape index (κ2) is 7.28. The highest BCUT2D eigenvalue weighted by Gasteiger charge is 2.29. The fraction of sp³-hybridized carbons (Fsp3) is 0.238. The number of nitrogens with zero attached hydrogens (tertiary/aromatic N) is 4. The van der Waals surface area contributed by atoms with E-state index in [1.165, 1.54) is 11.8 Å². The molecule has 1 fully saturated rings. The highest BCUT2D eigenvalue weighted by molar-refractivity contribution is 7.98. The lowest BCUT2D eigenvalue weighted by molar-refractivity contribution is 0.174. The Kier molecular flexibility index (Phi) is 4.39. The Hall–Kier alpha value is -3.04. The van der Waals surface area contributed by atoms with Gasteiger partial charge in [0.05, 0.1) is 21.7 Å². The van der Waals surface area contributed by atoms with Crippen LogP contribution in [0.1, 0.15) is 24.8 Å². The lowest BCUT2D eigenvalue weighted by Gasteiger charge is -2.12. The molecule has 0 radical (unpaired) electrons. The molecule has 1 aliphatic heterocycles. The molecule has 0 spiro atoms. The second-order valence-electron chi connectivity index (χ2n) is 7.30. The van der Waals surface area contributed by atoms with E-state index in [1.807, 2.05) is 18.2 Å². The van der Waals surface area contributed by atoms with Gasteiger partial charge in [0.15, 0.2) is 16.7 Å². The average molecular weight is 455 g/mol. The summed E-state index contributed by atoms with van der Waals surface area (Å²) in [6.45, 7) is 0.148. The van der Waals surface area contributed by atoms with Crippen LogP contribution in [0.2, 0.25) is 5.02 Å². The van der Waals surface area contributed by atoms with Gasteiger partial charge >= 0.3 is 0 Å². The van der Waals surface area contributed by atoms with Gasteiger partial charge in [0.25, 0.3) is 5.56 Å². The van der Waals surface area contributed by atoms with E-state index >= 15 is 0 Å². The molecule has 6 rings (SSSR count). The molecule has 0 amide bonds. The van der Waals surface area contributed by atoms with Crippen molar-refractivity contribution in [3.63, 3.8) is 0 Å². The van der Waals surface area contributed by atoms with Crippen LogP contribution >= 0.6 is 23.4 Å².